The number of carboxylic acids is 1. The summed E-state index contributed by atoms with van der Waals surface area (Å²) in [6.07, 6.45) is 0.0905. The van der Waals surface area contributed by atoms with Crippen LogP contribution < -0.4 is 0 Å². The van der Waals surface area contributed by atoms with E-state index in [2.05, 4.69) is 0 Å². The van der Waals surface area contributed by atoms with Crippen molar-refractivity contribution in [2.45, 2.75) is 19.4 Å². The van der Waals surface area contributed by atoms with E-state index in [1.807, 2.05) is 19.1 Å². The van der Waals surface area contributed by atoms with Gasteiger partial charge in [-0.3, -0.25) is 9.59 Å². The molecule has 4 nitrogen and oxygen atoms in total. The standard InChI is InChI=1S/C13H14ClNO3/c1-8(9-2-4-11(14)5-3-9)15-7-10(13(17)18)6-12(15)16/h2-5,8,10H,6-7H2,1H3,(H,17,18)/t8-,10?/m0/s1. The lowest BCUT2D eigenvalue weighted by atomic mass is 10.1. The van der Waals surface area contributed by atoms with Gasteiger partial charge in [-0.2, -0.15) is 0 Å². The van der Waals surface area contributed by atoms with E-state index in [0.29, 0.717) is 5.02 Å². The van der Waals surface area contributed by atoms with E-state index in [1.165, 1.54) is 0 Å². The molecule has 2 rings (SSSR count). The third kappa shape index (κ3) is 2.48. The first-order chi connectivity index (χ1) is 8.49. The van der Waals surface area contributed by atoms with Crippen molar-refractivity contribution in [1.82, 2.24) is 4.90 Å². The van der Waals surface area contributed by atoms with Crippen LogP contribution in [0.4, 0.5) is 0 Å². The number of carbonyl (C=O) groups excluding carboxylic acids is 1. The molecule has 5 heteroatoms. The lowest BCUT2D eigenvalue weighted by molar-refractivity contribution is -0.141. The van der Waals surface area contributed by atoms with Gasteiger partial charge in [0.1, 0.15) is 0 Å². The molecule has 0 radical (unpaired) electrons. The molecule has 1 unspecified atom stereocenters. The van der Waals surface area contributed by atoms with E-state index in [4.69, 9.17) is 16.7 Å². The van der Waals surface area contributed by atoms with E-state index >= 15 is 0 Å². The Morgan fingerprint density at radius 3 is 2.56 bits per heavy atom. The third-order valence-corrected chi connectivity index (χ3v) is 3.58. The molecule has 1 aliphatic heterocycles. The molecule has 0 aromatic heterocycles. The van der Waals surface area contributed by atoms with Crippen molar-refractivity contribution in [3.63, 3.8) is 0 Å². The van der Waals surface area contributed by atoms with Crippen LogP contribution in [0, 0.1) is 5.92 Å². The molecule has 1 saturated heterocycles. The Labute approximate surface area is 110 Å². The molecule has 1 N–H and O–H groups in total. The fraction of sp³-hybridized carbons (Fsp3) is 0.385. The minimum Gasteiger partial charge on any atom is -0.481 e. The third-order valence-electron chi connectivity index (χ3n) is 3.33. The highest BCUT2D eigenvalue weighted by Gasteiger charge is 2.36. The smallest absolute Gasteiger partial charge is 0.308 e. The second-order valence-electron chi connectivity index (χ2n) is 4.51. The van der Waals surface area contributed by atoms with Gasteiger partial charge in [0.2, 0.25) is 5.91 Å². The topological polar surface area (TPSA) is 57.6 Å². The van der Waals surface area contributed by atoms with Gasteiger partial charge in [-0.1, -0.05) is 23.7 Å². The van der Waals surface area contributed by atoms with Gasteiger partial charge in [-0.15, -0.1) is 0 Å². The number of carboxylic acid groups (broad SMARTS) is 1. The quantitative estimate of drug-likeness (QED) is 0.914. The van der Waals surface area contributed by atoms with Gasteiger partial charge in [0.15, 0.2) is 0 Å². The van der Waals surface area contributed by atoms with Crippen LogP contribution in [-0.4, -0.2) is 28.4 Å². The predicted octanol–water partition coefficient (Wildman–Crippen LogP) is 2.33. The zero-order valence-corrected chi connectivity index (χ0v) is 10.7. The summed E-state index contributed by atoms with van der Waals surface area (Å²) in [6.45, 7) is 2.17. The second-order valence-corrected chi connectivity index (χ2v) is 4.95. The van der Waals surface area contributed by atoms with Crippen LogP contribution in [0.15, 0.2) is 24.3 Å². The number of amides is 1. The summed E-state index contributed by atoms with van der Waals surface area (Å²) in [5.74, 6) is -1.61. The van der Waals surface area contributed by atoms with Crippen LogP contribution in [-0.2, 0) is 9.59 Å². The monoisotopic (exact) mass is 267 g/mol. The molecule has 0 aliphatic carbocycles. The van der Waals surface area contributed by atoms with Crippen LogP contribution in [0.25, 0.3) is 0 Å². The van der Waals surface area contributed by atoms with Crippen molar-refractivity contribution in [3.05, 3.63) is 34.9 Å². The molecule has 1 fully saturated rings. The Kier molecular flexibility index (Phi) is 3.57. The molecule has 1 aromatic carbocycles. The zero-order valence-electron chi connectivity index (χ0n) is 9.97. The van der Waals surface area contributed by atoms with Crippen molar-refractivity contribution in [1.29, 1.82) is 0 Å². The predicted molar refractivity (Wildman–Crippen MR) is 67.3 cm³/mol. The van der Waals surface area contributed by atoms with Gasteiger partial charge in [-0.25, -0.2) is 0 Å². The summed E-state index contributed by atoms with van der Waals surface area (Å²) >= 11 is 5.81. The summed E-state index contributed by atoms with van der Waals surface area (Å²) in [4.78, 5) is 24.3. The molecule has 18 heavy (non-hydrogen) atoms. The highest BCUT2D eigenvalue weighted by Crippen LogP contribution is 2.29. The molecule has 1 aromatic rings. The summed E-state index contributed by atoms with van der Waals surface area (Å²) in [5, 5.41) is 9.58. The van der Waals surface area contributed by atoms with E-state index < -0.39 is 11.9 Å². The summed E-state index contributed by atoms with van der Waals surface area (Å²) < 4.78 is 0. The first-order valence-corrected chi connectivity index (χ1v) is 6.14. The maximum atomic E-state index is 11.8. The molecule has 96 valence electrons. The van der Waals surface area contributed by atoms with Gasteiger partial charge >= 0.3 is 5.97 Å². The molecular weight excluding hydrogens is 254 g/mol. The van der Waals surface area contributed by atoms with Crippen LogP contribution >= 0.6 is 11.6 Å². The maximum Gasteiger partial charge on any atom is 0.308 e. The lowest BCUT2D eigenvalue weighted by Crippen LogP contribution is -2.29. The minimum atomic E-state index is -0.908. The van der Waals surface area contributed by atoms with Crippen LogP contribution in [0.1, 0.15) is 24.9 Å². The summed E-state index contributed by atoms with van der Waals surface area (Å²) in [6, 6.07) is 7.12. The number of aliphatic carboxylic acids is 1. The number of carbonyl (C=O) groups is 2. The van der Waals surface area contributed by atoms with Gasteiger partial charge < -0.3 is 10.0 Å². The Hall–Kier alpha value is -1.55. The Balaban J connectivity index is 2.14. The molecule has 1 aliphatic rings. The van der Waals surface area contributed by atoms with Crippen molar-refractivity contribution >= 4 is 23.5 Å². The largest absolute Gasteiger partial charge is 0.481 e. The SMILES string of the molecule is C[C@@H](c1ccc(Cl)cc1)N1CC(C(=O)O)CC1=O. The fourth-order valence-electron chi connectivity index (χ4n) is 2.19. The van der Waals surface area contributed by atoms with Crippen molar-refractivity contribution in [2.24, 2.45) is 5.92 Å². The number of nitrogens with zero attached hydrogens (tertiary/aromatic N) is 1. The van der Waals surface area contributed by atoms with Crippen LogP contribution in [0.3, 0.4) is 0 Å². The maximum absolute atomic E-state index is 11.8. The molecule has 0 saturated carbocycles. The average Bonchev–Trinajstić information content (AvgIpc) is 2.71. The number of likely N-dealkylation sites (tertiary alicyclic amines) is 1. The van der Waals surface area contributed by atoms with Gasteiger partial charge in [0.25, 0.3) is 0 Å². The number of benzene rings is 1. The molecule has 1 amide bonds. The Bertz CT molecular complexity index is 472. The first-order valence-electron chi connectivity index (χ1n) is 5.76. The number of hydrogen-bond acceptors (Lipinski definition) is 2. The van der Waals surface area contributed by atoms with E-state index in [9.17, 15) is 9.59 Å². The second kappa shape index (κ2) is 4.98. The zero-order chi connectivity index (χ0) is 13.3. The fourth-order valence-corrected chi connectivity index (χ4v) is 2.32. The number of rotatable bonds is 3. The van der Waals surface area contributed by atoms with Gasteiger partial charge in [0.05, 0.1) is 12.0 Å². The average molecular weight is 268 g/mol. The van der Waals surface area contributed by atoms with Crippen molar-refractivity contribution < 1.29 is 14.7 Å². The Morgan fingerprint density at radius 2 is 2.06 bits per heavy atom. The lowest BCUT2D eigenvalue weighted by Gasteiger charge is -2.25. The van der Waals surface area contributed by atoms with Gasteiger partial charge in [0, 0.05) is 18.0 Å². The van der Waals surface area contributed by atoms with E-state index in [1.54, 1.807) is 17.0 Å². The van der Waals surface area contributed by atoms with Gasteiger partial charge in [-0.05, 0) is 24.6 Å². The molecule has 1 heterocycles. The van der Waals surface area contributed by atoms with E-state index in [0.717, 1.165) is 5.56 Å². The first kappa shape index (κ1) is 12.9. The molecule has 2 atom stereocenters. The Morgan fingerprint density at radius 1 is 1.44 bits per heavy atom. The molecule has 0 spiro atoms. The van der Waals surface area contributed by atoms with Crippen molar-refractivity contribution in [3.8, 4) is 0 Å². The molecule has 0 bridgehead atoms. The summed E-state index contributed by atoms with van der Waals surface area (Å²) in [5.41, 5.74) is 0.957. The van der Waals surface area contributed by atoms with E-state index in [-0.39, 0.29) is 24.9 Å². The van der Waals surface area contributed by atoms with Crippen molar-refractivity contribution in [2.75, 3.05) is 6.54 Å². The van der Waals surface area contributed by atoms with Crippen LogP contribution in [0.2, 0.25) is 5.02 Å². The highest BCUT2D eigenvalue weighted by molar-refractivity contribution is 6.30. The normalized spacial score (nSPS) is 21.1. The highest BCUT2D eigenvalue weighted by atomic mass is 35.5. The molecular formula is C13H14ClNO3. The summed E-state index contributed by atoms with van der Waals surface area (Å²) in [7, 11) is 0. The minimum absolute atomic E-state index is 0.0905. The number of halogens is 1. The van der Waals surface area contributed by atoms with Crippen LogP contribution in [0.5, 0.6) is 0 Å². The number of hydrogen-bond donors (Lipinski definition) is 1.